The molecule has 1 aliphatic rings. The van der Waals surface area contributed by atoms with E-state index < -0.39 is 0 Å². The molecule has 0 amide bonds. The zero-order valence-corrected chi connectivity index (χ0v) is 9.29. The van der Waals surface area contributed by atoms with Gasteiger partial charge in [-0.25, -0.2) is 0 Å². The summed E-state index contributed by atoms with van der Waals surface area (Å²) in [7, 11) is 1.91. The van der Waals surface area contributed by atoms with Crippen LogP contribution in [0.4, 0.5) is 0 Å². The smallest absolute Gasteiger partial charge is 0.0527 e. The average molecular weight is 202 g/mol. The maximum atomic E-state index is 4.53. The van der Waals surface area contributed by atoms with Gasteiger partial charge in [-0.15, -0.1) is 0 Å². The monoisotopic (exact) mass is 202 g/mol. The fraction of sp³-hybridized carbons (Fsp3) is 0.462. The Hall–Kier alpha value is -1.31. The number of hydrogen-bond donors (Lipinski definition) is 1. The number of nitrogens with one attached hydrogen (secondary N) is 1. The Morgan fingerprint density at radius 1 is 1.47 bits per heavy atom. The molecule has 0 aliphatic heterocycles. The molecule has 0 atom stereocenters. The third-order valence-electron chi connectivity index (χ3n) is 3.21. The number of hydrogen-bond acceptors (Lipinski definition) is 2. The summed E-state index contributed by atoms with van der Waals surface area (Å²) in [6, 6.07) is 4.09. The van der Waals surface area contributed by atoms with Crippen LogP contribution in [0.5, 0.6) is 0 Å². The lowest BCUT2D eigenvalue weighted by Gasteiger charge is -2.15. The van der Waals surface area contributed by atoms with Crippen LogP contribution in [0, 0.1) is 0 Å². The first-order valence-corrected chi connectivity index (χ1v) is 5.65. The first kappa shape index (κ1) is 10.2. The SMILES string of the molecule is C=C(NC)c1cccnc1C1CCCC1. The van der Waals surface area contributed by atoms with E-state index >= 15 is 0 Å². The van der Waals surface area contributed by atoms with Gasteiger partial charge in [0, 0.05) is 30.4 Å². The lowest BCUT2D eigenvalue weighted by atomic mass is 9.97. The molecule has 15 heavy (non-hydrogen) atoms. The van der Waals surface area contributed by atoms with Crippen molar-refractivity contribution in [2.45, 2.75) is 31.6 Å². The van der Waals surface area contributed by atoms with E-state index in [0.29, 0.717) is 5.92 Å². The van der Waals surface area contributed by atoms with Crippen LogP contribution in [0.25, 0.3) is 5.70 Å². The van der Waals surface area contributed by atoms with Crippen molar-refractivity contribution in [2.24, 2.45) is 0 Å². The Morgan fingerprint density at radius 2 is 2.20 bits per heavy atom. The highest BCUT2D eigenvalue weighted by Gasteiger charge is 2.21. The summed E-state index contributed by atoms with van der Waals surface area (Å²) in [5.74, 6) is 0.645. The Bertz CT molecular complexity index is 351. The minimum absolute atomic E-state index is 0.645. The zero-order chi connectivity index (χ0) is 10.7. The normalized spacial score (nSPS) is 16.6. The van der Waals surface area contributed by atoms with Gasteiger partial charge in [0.05, 0.1) is 5.69 Å². The topological polar surface area (TPSA) is 24.9 Å². The summed E-state index contributed by atoms with van der Waals surface area (Å²) in [6.45, 7) is 4.02. The Labute approximate surface area is 91.4 Å². The molecule has 1 saturated carbocycles. The van der Waals surface area contributed by atoms with Gasteiger partial charge in [-0.2, -0.15) is 0 Å². The molecule has 1 heterocycles. The molecule has 0 bridgehead atoms. The molecular weight excluding hydrogens is 184 g/mol. The third kappa shape index (κ3) is 2.04. The van der Waals surface area contributed by atoms with Crippen molar-refractivity contribution in [1.29, 1.82) is 0 Å². The zero-order valence-electron chi connectivity index (χ0n) is 9.29. The van der Waals surface area contributed by atoms with E-state index in [0.717, 1.165) is 5.70 Å². The molecule has 2 heteroatoms. The maximum absolute atomic E-state index is 4.53. The van der Waals surface area contributed by atoms with Crippen LogP contribution in [-0.2, 0) is 0 Å². The van der Waals surface area contributed by atoms with E-state index in [2.05, 4.69) is 22.9 Å². The first-order chi connectivity index (χ1) is 7.33. The summed E-state index contributed by atoms with van der Waals surface area (Å²) in [5, 5.41) is 3.11. The van der Waals surface area contributed by atoms with E-state index in [1.807, 2.05) is 19.3 Å². The van der Waals surface area contributed by atoms with Gasteiger partial charge in [0.1, 0.15) is 0 Å². The van der Waals surface area contributed by atoms with E-state index in [1.165, 1.54) is 36.9 Å². The lowest BCUT2D eigenvalue weighted by molar-refractivity contribution is 0.694. The summed E-state index contributed by atoms with van der Waals surface area (Å²) in [5.41, 5.74) is 3.39. The van der Waals surface area contributed by atoms with E-state index in [9.17, 15) is 0 Å². The van der Waals surface area contributed by atoms with Crippen molar-refractivity contribution >= 4 is 5.70 Å². The molecule has 0 saturated heterocycles. The lowest BCUT2D eigenvalue weighted by Crippen LogP contribution is -2.08. The standard InChI is InChI=1S/C13H18N2/c1-10(14-2)12-8-5-9-15-13(12)11-6-3-4-7-11/h5,8-9,11,14H,1,3-4,6-7H2,2H3. The Balaban J connectivity index is 2.32. The van der Waals surface area contributed by atoms with E-state index in [-0.39, 0.29) is 0 Å². The molecular formula is C13H18N2. The molecule has 80 valence electrons. The summed E-state index contributed by atoms with van der Waals surface area (Å²) in [4.78, 5) is 4.53. The molecule has 0 spiro atoms. The summed E-state index contributed by atoms with van der Waals surface area (Å²) >= 11 is 0. The molecule has 1 N–H and O–H groups in total. The maximum Gasteiger partial charge on any atom is 0.0527 e. The van der Waals surface area contributed by atoms with Crippen molar-refractivity contribution in [3.63, 3.8) is 0 Å². The van der Waals surface area contributed by atoms with Crippen molar-refractivity contribution in [3.05, 3.63) is 36.2 Å². The largest absolute Gasteiger partial charge is 0.388 e. The third-order valence-corrected chi connectivity index (χ3v) is 3.21. The van der Waals surface area contributed by atoms with Gasteiger partial charge < -0.3 is 5.32 Å². The van der Waals surface area contributed by atoms with Crippen LogP contribution in [0.3, 0.4) is 0 Å². The van der Waals surface area contributed by atoms with Crippen LogP contribution in [-0.4, -0.2) is 12.0 Å². The van der Waals surface area contributed by atoms with Crippen molar-refractivity contribution < 1.29 is 0 Å². The first-order valence-electron chi connectivity index (χ1n) is 5.65. The van der Waals surface area contributed by atoms with Crippen LogP contribution < -0.4 is 5.32 Å². The van der Waals surface area contributed by atoms with Gasteiger partial charge in [0.15, 0.2) is 0 Å². The average Bonchev–Trinajstić information content (AvgIpc) is 2.81. The van der Waals surface area contributed by atoms with Gasteiger partial charge >= 0.3 is 0 Å². The predicted octanol–water partition coefficient (Wildman–Crippen LogP) is 2.93. The highest BCUT2D eigenvalue weighted by molar-refractivity contribution is 5.63. The molecule has 2 nitrogen and oxygen atoms in total. The van der Waals surface area contributed by atoms with Gasteiger partial charge in [-0.3, -0.25) is 4.98 Å². The van der Waals surface area contributed by atoms with Gasteiger partial charge in [0.25, 0.3) is 0 Å². The fourth-order valence-corrected chi connectivity index (χ4v) is 2.33. The van der Waals surface area contributed by atoms with Gasteiger partial charge in [-0.1, -0.05) is 19.4 Å². The molecule has 1 aliphatic carbocycles. The number of rotatable bonds is 3. The second kappa shape index (κ2) is 4.47. The van der Waals surface area contributed by atoms with Crippen LogP contribution >= 0.6 is 0 Å². The number of aromatic nitrogens is 1. The predicted molar refractivity (Wildman–Crippen MR) is 63.5 cm³/mol. The Kier molecular flexibility index (Phi) is 3.05. The number of nitrogens with zero attached hydrogens (tertiary/aromatic N) is 1. The molecule has 0 aromatic carbocycles. The van der Waals surface area contributed by atoms with E-state index in [4.69, 9.17) is 0 Å². The molecule has 1 fully saturated rings. The quantitative estimate of drug-likeness (QED) is 0.815. The van der Waals surface area contributed by atoms with Gasteiger partial charge in [0.2, 0.25) is 0 Å². The van der Waals surface area contributed by atoms with Crippen LogP contribution in [0.15, 0.2) is 24.9 Å². The van der Waals surface area contributed by atoms with Crippen molar-refractivity contribution in [2.75, 3.05) is 7.05 Å². The summed E-state index contributed by atoms with van der Waals surface area (Å²) < 4.78 is 0. The van der Waals surface area contributed by atoms with E-state index in [1.54, 1.807) is 0 Å². The van der Waals surface area contributed by atoms with Crippen molar-refractivity contribution in [3.8, 4) is 0 Å². The number of pyridine rings is 1. The van der Waals surface area contributed by atoms with Crippen LogP contribution in [0.1, 0.15) is 42.9 Å². The van der Waals surface area contributed by atoms with Gasteiger partial charge in [-0.05, 0) is 25.0 Å². The minimum Gasteiger partial charge on any atom is -0.388 e. The molecule has 0 radical (unpaired) electrons. The molecule has 2 rings (SSSR count). The highest BCUT2D eigenvalue weighted by Crippen LogP contribution is 2.35. The summed E-state index contributed by atoms with van der Waals surface area (Å²) in [6.07, 6.45) is 7.13. The second-order valence-electron chi connectivity index (χ2n) is 4.15. The highest BCUT2D eigenvalue weighted by atomic mass is 14.8. The van der Waals surface area contributed by atoms with Crippen LogP contribution in [0.2, 0.25) is 0 Å². The minimum atomic E-state index is 0.645. The van der Waals surface area contributed by atoms with Crippen molar-refractivity contribution in [1.82, 2.24) is 10.3 Å². The molecule has 1 aromatic heterocycles. The second-order valence-corrected chi connectivity index (χ2v) is 4.15. The Morgan fingerprint density at radius 3 is 2.87 bits per heavy atom. The molecule has 0 unspecified atom stereocenters. The molecule has 1 aromatic rings. The fourth-order valence-electron chi connectivity index (χ4n) is 2.33.